The zero-order valence-corrected chi connectivity index (χ0v) is 13.1. The molecule has 1 aromatic heterocycles. The maximum Gasteiger partial charge on any atom is 0.280 e. The Morgan fingerprint density at radius 1 is 1.32 bits per heavy atom. The third kappa shape index (κ3) is 5.33. The standard InChI is InChI=1S/C15H23N3O4/c1-3-4-5-6-9-22-11-7-8-17-13(14(11)21-2)15(20)18-12(19)10-16/h7-8H,3-6,9-10,16H2,1-2H3,(H,18,19,20). The van der Waals surface area contributed by atoms with Gasteiger partial charge in [-0.15, -0.1) is 0 Å². The van der Waals surface area contributed by atoms with Crippen LogP contribution in [-0.2, 0) is 4.79 Å². The molecule has 0 aliphatic carbocycles. The van der Waals surface area contributed by atoms with Crippen molar-refractivity contribution < 1.29 is 19.1 Å². The van der Waals surface area contributed by atoms with Gasteiger partial charge in [0.1, 0.15) is 0 Å². The van der Waals surface area contributed by atoms with Crippen LogP contribution in [0.3, 0.4) is 0 Å². The number of amides is 2. The molecule has 0 unspecified atom stereocenters. The molecule has 0 saturated carbocycles. The molecule has 7 nitrogen and oxygen atoms in total. The van der Waals surface area contributed by atoms with E-state index < -0.39 is 11.8 Å². The summed E-state index contributed by atoms with van der Waals surface area (Å²) in [7, 11) is 1.42. The van der Waals surface area contributed by atoms with Gasteiger partial charge in [0.05, 0.1) is 20.3 Å². The fourth-order valence-corrected chi connectivity index (χ4v) is 1.85. The highest BCUT2D eigenvalue weighted by atomic mass is 16.5. The van der Waals surface area contributed by atoms with Crippen LogP contribution >= 0.6 is 0 Å². The first-order valence-corrected chi connectivity index (χ1v) is 7.34. The summed E-state index contributed by atoms with van der Waals surface area (Å²) in [5.41, 5.74) is 5.16. The molecule has 0 spiro atoms. The summed E-state index contributed by atoms with van der Waals surface area (Å²) in [5.74, 6) is -0.608. The Hall–Kier alpha value is -2.15. The van der Waals surface area contributed by atoms with Crippen molar-refractivity contribution in [2.24, 2.45) is 5.73 Å². The number of aromatic nitrogens is 1. The van der Waals surface area contributed by atoms with Crippen LogP contribution in [0.25, 0.3) is 0 Å². The molecule has 7 heteroatoms. The van der Waals surface area contributed by atoms with Crippen LogP contribution < -0.4 is 20.5 Å². The minimum atomic E-state index is -0.663. The highest BCUT2D eigenvalue weighted by Crippen LogP contribution is 2.29. The van der Waals surface area contributed by atoms with Crippen LogP contribution in [0, 0.1) is 0 Å². The van der Waals surface area contributed by atoms with Crippen molar-refractivity contribution in [3.05, 3.63) is 18.0 Å². The van der Waals surface area contributed by atoms with Gasteiger partial charge in [0.2, 0.25) is 5.91 Å². The second-order valence-electron chi connectivity index (χ2n) is 4.68. The smallest absolute Gasteiger partial charge is 0.280 e. The highest BCUT2D eigenvalue weighted by molar-refractivity contribution is 6.05. The molecule has 0 aliphatic heterocycles. The van der Waals surface area contributed by atoms with Crippen LogP contribution in [0.4, 0.5) is 0 Å². The molecule has 1 rings (SSSR count). The van der Waals surface area contributed by atoms with E-state index >= 15 is 0 Å². The SMILES string of the molecule is CCCCCCOc1ccnc(C(=O)NC(=O)CN)c1OC. The van der Waals surface area contributed by atoms with Crippen LogP contribution in [0.2, 0.25) is 0 Å². The number of unbranched alkanes of at least 4 members (excludes halogenated alkanes) is 3. The number of nitrogens with zero attached hydrogens (tertiary/aromatic N) is 1. The minimum Gasteiger partial charge on any atom is -0.491 e. The van der Waals surface area contributed by atoms with Crippen molar-refractivity contribution in [1.29, 1.82) is 0 Å². The molecular formula is C15H23N3O4. The second kappa shape index (κ2) is 9.73. The van der Waals surface area contributed by atoms with Crippen molar-refractivity contribution in [2.45, 2.75) is 32.6 Å². The average molecular weight is 309 g/mol. The fourth-order valence-electron chi connectivity index (χ4n) is 1.85. The van der Waals surface area contributed by atoms with Gasteiger partial charge in [0.25, 0.3) is 5.91 Å². The van der Waals surface area contributed by atoms with E-state index in [2.05, 4.69) is 17.2 Å². The van der Waals surface area contributed by atoms with E-state index in [1.165, 1.54) is 13.3 Å². The molecular weight excluding hydrogens is 286 g/mol. The lowest BCUT2D eigenvalue weighted by Crippen LogP contribution is -2.36. The van der Waals surface area contributed by atoms with Gasteiger partial charge >= 0.3 is 0 Å². The van der Waals surface area contributed by atoms with Crippen LogP contribution in [0.5, 0.6) is 11.5 Å². The minimum absolute atomic E-state index is 0.00430. The number of imide groups is 1. The highest BCUT2D eigenvalue weighted by Gasteiger charge is 2.20. The lowest BCUT2D eigenvalue weighted by atomic mass is 10.2. The number of methoxy groups -OCH3 is 1. The lowest BCUT2D eigenvalue weighted by Gasteiger charge is -2.13. The van der Waals surface area contributed by atoms with E-state index in [1.54, 1.807) is 6.07 Å². The Morgan fingerprint density at radius 2 is 2.09 bits per heavy atom. The number of hydrogen-bond donors (Lipinski definition) is 2. The summed E-state index contributed by atoms with van der Waals surface area (Å²) in [6.45, 7) is 2.39. The van der Waals surface area contributed by atoms with Gasteiger partial charge in [0.15, 0.2) is 17.2 Å². The van der Waals surface area contributed by atoms with E-state index in [1.807, 2.05) is 0 Å². The number of nitrogens with one attached hydrogen (secondary N) is 1. The molecule has 0 aromatic carbocycles. The van der Waals surface area contributed by atoms with Crippen LogP contribution in [0.1, 0.15) is 43.1 Å². The largest absolute Gasteiger partial charge is 0.491 e. The quantitative estimate of drug-likeness (QED) is 0.666. The Kier molecular flexibility index (Phi) is 7.91. The van der Waals surface area contributed by atoms with Gasteiger partial charge in [-0.2, -0.15) is 0 Å². The molecule has 0 bridgehead atoms. The molecule has 122 valence electrons. The monoisotopic (exact) mass is 309 g/mol. The summed E-state index contributed by atoms with van der Waals surface area (Å²) in [4.78, 5) is 27.1. The fraction of sp³-hybridized carbons (Fsp3) is 0.533. The number of hydrogen-bond acceptors (Lipinski definition) is 6. The first-order chi connectivity index (χ1) is 10.6. The van der Waals surface area contributed by atoms with Crippen LogP contribution in [-0.4, -0.2) is 37.1 Å². The Morgan fingerprint density at radius 3 is 2.73 bits per heavy atom. The number of ether oxygens (including phenoxy) is 2. The maximum atomic E-state index is 12.0. The number of rotatable bonds is 9. The first-order valence-electron chi connectivity index (χ1n) is 7.34. The molecule has 0 fully saturated rings. The van der Waals surface area contributed by atoms with E-state index in [0.29, 0.717) is 12.4 Å². The summed E-state index contributed by atoms with van der Waals surface area (Å²) in [5, 5.41) is 2.13. The van der Waals surface area contributed by atoms with E-state index in [4.69, 9.17) is 15.2 Å². The van der Waals surface area contributed by atoms with Crippen molar-refractivity contribution in [2.75, 3.05) is 20.3 Å². The van der Waals surface area contributed by atoms with E-state index in [0.717, 1.165) is 25.7 Å². The average Bonchev–Trinajstić information content (AvgIpc) is 2.54. The van der Waals surface area contributed by atoms with Gasteiger partial charge in [-0.1, -0.05) is 26.2 Å². The zero-order chi connectivity index (χ0) is 16.4. The molecule has 2 amide bonds. The molecule has 0 radical (unpaired) electrons. The van der Waals surface area contributed by atoms with E-state index in [-0.39, 0.29) is 18.0 Å². The van der Waals surface area contributed by atoms with Gasteiger partial charge in [-0.05, 0) is 6.42 Å². The number of nitrogens with two attached hydrogens (primary N) is 1. The molecule has 1 aromatic rings. The summed E-state index contributed by atoms with van der Waals surface area (Å²) >= 11 is 0. The molecule has 0 atom stereocenters. The third-order valence-corrected chi connectivity index (χ3v) is 2.98. The lowest BCUT2D eigenvalue weighted by molar-refractivity contribution is -0.118. The maximum absolute atomic E-state index is 12.0. The van der Waals surface area contributed by atoms with E-state index in [9.17, 15) is 9.59 Å². The summed E-state index contributed by atoms with van der Waals surface area (Å²) in [6, 6.07) is 1.63. The normalized spacial score (nSPS) is 10.1. The summed E-state index contributed by atoms with van der Waals surface area (Å²) in [6.07, 6.45) is 5.75. The number of carbonyl (C=O) groups is 2. The van der Waals surface area contributed by atoms with Crippen molar-refractivity contribution in [1.82, 2.24) is 10.3 Å². The Bertz CT molecular complexity index is 506. The van der Waals surface area contributed by atoms with Gasteiger partial charge in [-0.25, -0.2) is 4.98 Å². The molecule has 3 N–H and O–H groups in total. The Labute approximate surface area is 130 Å². The predicted octanol–water partition coefficient (Wildman–Crippen LogP) is 1.26. The van der Waals surface area contributed by atoms with Crippen molar-refractivity contribution in [3.8, 4) is 11.5 Å². The van der Waals surface area contributed by atoms with Gasteiger partial charge < -0.3 is 15.2 Å². The number of carbonyl (C=O) groups excluding carboxylic acids is 2. The zero-order valence-electron chi connectivity index (χ0n) is 13.1. The number of pyridine rings is 1. The summed E-state index contributed by atoms with van der Waals surface area (Å²) < 4.78 is 10.8. The van der Waals surface area contributed by atoms with Crippen molar-refractivity contribution in [3.63, 3.8) is 0 Å². The predicted molar refractivity (Wildman–Crippen MR) is 82.0 cm³/mol. The topological polar surface area (TPSA) is 104 Å². The van der Waals surface area contributed by atoms with Crippen molar-refractivity contribution >= 4 is 11.8 Å². The Balaban J connectivity index is 2.76. The molecule has 0 aliphatic rings. The van der Waals surface area contributed by atoms with Crippen LogP contribution in [0.15, 0.2) is 12.3 Å². The molecule has 22 heavy (non-hydrogen) atoms. The third-order valence-electron chi connectivity index (χ3n) is 2.98. The van der Waals surface area contributed by atoms with Gasteiger partial charge in [0, 0.05) is 12.3 Å². The second-order valence-corrected chi connectivity index (χ2v) is 4.68. The van der Waals surface area contributed by atoms with Gasteiger partial charge in [-0.3, -0.25) is 14.9 Å². The first kappa shape index (κ1) is 17.9. The molecule has 1 heterocycles. The molecule has 0 saturated heterocycles.